The number of amides is 2. The lowest BCUT2D eigenvalue weighted by atomic mass is 9.94. The molecule has 1 aliphatic carbocycles. The van der Waals surface area contributed by atoms with E-state index in [1.165, 1.54) is 43.3 Å². The summed E-state index contributed by atoms with van der Waals surface area (Å²) in [6.45, 7) is 2.96. The average Bonchev–Trinajstić information content (AvgIpc) is 3.71. The highest BCUT2D eigenvalue weighted by molar-refractivity contribution is 5.80. The van der Waals surface area contributed by atoms with Crippen LogP contribution in [-0.2, 0) is 11.2 Å². The minimum atomic E-state index is -4.76. The Morgan fingerprint density at radius 3 is 2.46 bits per heavy atom. The number of alkyl halides is 3. The van der Waals surface area contributed by atoms with Gasteiger partial charge in [-0.3, -0.25) is 4.99 Å². The Morgan fingerprint density at radius 2 is 1.81 bits per heavy atom. The molecule has 2 atom stereocenters. The minimum absolute atomic E-state index is 0.00309. The van der Waals surface area contributed by atoms with Crippen molar-refractivity contribution in [3.8, 4) is 5.75 Å². The first kappa shape index (κ1) is 26.7. The number of urea groups is 1. The normalized spacial score (nSPS) is 20.8. The van der Waals surface area contributed by atoms with E-state index >= 15 is 0 Å². The van der Waals surface area contributed by atoms with Crippen LogP contribution in [0.4, 0.5) is 18.0 Å². The fourth-order valence-electron chi connectivity index (χ4n) is 4.41. The molecule has 0 radical (unpaired) electrons. The minimum Gasteiger partial charge on any atom is -0.406 e. The van der Waals surface area contributed by atoms with Crippen molar-refractivity contribution in [3.05, 3.63) is 71.9 Å². The quantitative estimate of drug-likeness (QED) is 0.406. The third kappa shape index (κ3) is 8.35. The maximum absolute atomic E-state index is 13.4. The Morgan fingerprint density at radius 1 is 1.08 bits per heavy atom. The summed E-state index contributed by atoms with van der Waals surface area (Å²) in [6.07, 6.45) is 3.18. The van der Waals surface area contributed by atoms with Crippen LogP contribution in [0.1, 0.15) is 43.7 Å². The van der Waals surface area contributed by atoms with Crippen molar-refractivity contribution in [1.82, 2.24) is 10.2 Å². The van der Waals surface area contributed by atoms with Gasteiger partial charge in [0.2, 0.25) is 0 Å². The van der Waals surface area contributed by atoms with E-state index in [1.807, 2.05) is 23.1 Å². The lowest BCUT2D eigenvalue weighted by Crippen LogP contribution is -2.53. The van der Waals surface area contributed by atoms with Gasteiger partial charge >= 0.3 is 12.4 Å². The number of likely N-dealkylation sites (tertiary alicyclic amines) is 1. The molecule has 2 fully saturated rings. The van der Waals surface area contributed by atoms with Crippen LogP contribution in [-0.4, -0.2) is 48.8 Å². The molecule has 2 aromatic carbocycles. The van der Waals surface area contributed by atoms with Gasteiger partial charge in [0.05, 0.1) is 11.8 Å². The monoisotopic (exact) mass is 515 g/mol. The molecule has 0 aromatic heterocycles. The fourth-order valence-corrected chi connectivity index (χ4v) is 4.41. The molecule has 1 saturated heterocycles. The third-order valence-corrected chi connectivity index (χ3v) is 6.49. The SMILES string of the molecule is C/C=N\C(=C/NC(=O)N1C[C@H](OCC2CC2)CC[C@@H]1Cc1ccccc1)c1ccc(OC(F)(F)F)cc1. The predicted molar refractivity (Wildman–Crippen MR) is 136 cm³/mol. The summed E-state index contributed by atoms with van der Waals surface area (Å²) in [5, 5.41) is 2.85. The summed E-state index contributed by atoms with van der Waals surface area (Å²) >= 11 is 0. The maximum Gasteiger partial charge on any atom is 0.573 e. The number of aliphatic imine (C=N–C) groups is 1. The van der Waals surface area contributed by atoms with Crippen molar-refractivity contribution in [2.24, 2.45) is 10.9 Å². The molecule has 6 nitrogen and oxygen atoms in total. The molecular formula is C28H32F3N3O3. The van der Waals surface area contributed by atoms with Crippen LogP contribution in [0, 0.1) is 5.92 Å². The van der Waals surface area contributed by atoms with E-state index < -0.39 is 6.36 Å². The maximum atomic E-state index is 13.4. The zero-order valence-corrected chi connectivity index (χ0v) is 20.8. The summed E-state index contributed by atoms with van der Waals surface area (Å²) in [6, 6.07) is 15.2. The first-order chi connectivity index (χ1) is 17.8. The van der Waals surface area contributed by atoms with Gasteiger partial charge in [0.1, 0.15) is 5.75 Å². The van der Waals surface area contributed by atoms with E-state index in [9.17, 15) is 18.0 Å². The van der Waals surface area contributed by atoms with Gasteiger partial charge in [0.15, 0.2) is 0 Å². The summed E-state index contributed by atoms with van der Waals surface area (Å²) < 4.78 is 47.5. The standard InChI is InChI=1S/C28H32F3N3O3/c1-2-32-26(22-10-13-24(14-11-22)37-28(29,30)31)17-33-27(35)34-18-25(36-19-21-8-9-21)15-12-23(34)16-20-6-4-3-5-7-20/h2-7,10-11,13-14,17,21,23,25H,8-9,12,15-16,18-19H2,1H3,(H,33,35)/b26-17-,32-2-/t23-,25-/m1/s1. The number of hydrogen-bond donors (Lipinski definition) is 1. The number of rotatable bonds is 9. The molecule has 2 aromatic rings. The van der Waals surface area contributed by atoms with Crippen molar-refractivity contribution in [1.29, 1.82) is 0 Å². The lowest BCUT2D eigenvalue weighted by molar-refractivity contribution is -0.274. The lowest BCUT2D eigenvalue weighted by Gasteiger charge is -2.39. The molecule has 2 aliphatic rings. The second kappa shape index (κ2) is 12.3. The number of carbonyl (C=O) groups excluding carboxylic acids is 1. The Kier molecular flexibility index (Phi) is 8.87. The third-order valence-electron chi connectivity index (χ3n) is 6.49. The van der Waals surface area contributed by atoms with Crippen LogP contribution in [0.25, 0.3) is 5.70 Å². The zero-order valence-electron chi connectivity index (χ0n) is 20.8. The number of hydrogen-bond acceptors (Lipinski definition) is 4. The molecule has 0 bridgehead atoms. The highest BCUT2D eigenvalue weighted by Crippen LogP contribution is 2.31. The molecule has 198 valence electrons. The molecule has 37 heavy (non-hydrogen) atoms. The van der Waals surface area contributed by atoms with Gasteiger partial charge in [-0.2, -0.15) is 0 Å². The Balaban J connectivity index is 1.46. The number of carbonyl (C=O) groups is 1. The van der Waals surface area contributed by atoms with Gasteiger partial charge in [0.25, 0.3) is 0 Å². The van der Waals surface area contributed by atoms with Crippen molar-refractivity contribution < 1.29 is 27.4 Å². The summed E-state index contributed by atoms with van der Waals surface area (Å²) in [5.74, 6) is 0.323. The largest absolute Gasteiger partial charge is 0.573 e. The van der Waals surface area contributed by atoms with Gasteiger partial charge in [-0.25, -0.2) is 4.79 Å². The Bertz CT molecular complexity index is 1080. The van der Waals surface area contributed by atoms with Gasteiger partial charge in [0, 0.05) is 37.2 Å². The number of nitrogens with zero attached hydrogens (tertiary/aromatic N) is 2. The molecule has 0 unspecified atom stereocenters. The molecule has 0 spiro atoms. The van der Waals surface area contributed by atoms with Gasteiger partial charge < -0.3 is 19.7 Å². The first-order valence-electron chi connectivity index (χ1n) is 12.6. The summed E-state index contributed by atoms with van der Waals surface area (Å²) in [7, 11) is 0. The molecule has 1 heterocycles. The number of ether oxygens (including phenoxy) is 2. The van der Waals surface area contributed by atoms with E-state index in [2.05, 4.69) is 27.2 Å². The van der Waals surface area contributed by atoms with Crippen LogP contribution in [0.3, 0.4) is 0 Å². The predicted octanol–water partition coefficient (Wildman–Crippen LogP) is 6.19. The number of nitrogens with one attached hydrogen (secondary N) is 1. The highest BCUT2D eigenvalue weighted by atomic mass is 19.4. The van der Waals surface area contributed by atoms with Gasteiger partial charge in [-0.05, 0) is 74.8 Å². The smallest absolute Gasteiger partial charge is 0.406 e. The molecule has 1 saturated carbocycles. The fraction of sp³-hybridized carbons (Fsp3) is 0.429. The van der Waals surface area contributed by atoms with Crippen LogP contribution < -0.4 is 10.1 Å². The van der Waals surface area contributed by atoms with E-state index in [4.69, 9.17) is 4.74 Å². The van der Waals surface area contributed by atoms with Gasteiger partial charge in [-0.15, -0.1) is 13.2 Å². The number of piperidine rings is 1. The van der Waals surface area contributed by atoms with E-state index in [0.29, 0.717) is 23.7 Å². The Hall–Kier alpha value is -3.33. The molecule has 2 amide bonds. The first-order valence-corrected chi connectivity index (χ1v) is 12.6. The highest BCUT2D eigenvalue weighted by Gasteiger charge is 2.33. The van der Waals surface area contributed by atoms with Gasteiger partial charge in [-0.1, -0.05) is 30.3 Å². The Labute approximate surface area is 215 Å². The molecular weight excluding hydrogens is 483 g/mol. The van der Waals surface area contributed by atoms with Crippen LogP contribution in [0.2, 0.25) is 0 Å². The molecule has 1 aliphatic heterocycles. The van der Waals surface area contributed by atoms with E-state index in [1.54, 1.807) is 13.1 Å². The second-order valence-corrected chi connectivity index (χ2v) is 9.41. The molecule has 9 heteroatoms. The van der Waals surface area contributed by atoms with Crippen molar-refractivity contribution >= 4 is 17.9 Å². The van der Waals surface area contributed by atoms with Crippen LogP contribution >= 0.6 is 0 Å². The van der Waals surface area contributed by atoms with E-state index in [0.717, 1.165) is 31.4 Å². The van der Waals surface area contributed by atoms with Crippen molar-refractivity contribution in [2.45, 2.75) is 57.5 Å². The number of halogens is 3. The topological polar surface area (TPSA) is 63.2 Å². The van der Waals surface area contributed by atoms with Crippen LogP contribution in [0.5, 0.6) is 5.75 Å². The number of benzene rings is 2. The summed E-state index contributed by atoms with van der Waals surface area (Å²) in [4.78, 5) is 19.5. The summed E-state index contributed by atoms with van der Waals surface area (Å²) in [5.41, 5.74) is 2.11. The average molecular weight is 516 g/mol. The zero-order chi connectivity index (χ0) is 26.3. The van der Waals surface area contributed by atoms with Crippen molar-refractivity contribution in [2.75, 3.05) is 13.2 Å². The van der Waals surface area contributed by atoms with Crippen molar-refractivity contribution in [3.63, 3.8) is 0 Å². The molecule has 4 rings (SSSR count). The second-order valence-electron chi connectivity index (χ2n) is 9.41. The van der Waals surface area contributed by atoms with E-state index in [-0.39, 0.29) is 23.9 Å². The molecule has 1 N–H and O–H groups in total. The van der Waals surface area contributed by atoms with Crippen LogP contribution in [0.15, 0.2) is 65.8 Å².